The van der Waals surface area contributed by atoms with Crippen LogP contribution in [0.1, 0.15) is 43.4 Å². The van der Waals surface area contributed by atoms with E-state index in [-0.39, 0.29) is 18.9 Å². The third kappa shape index (κ3) is 5.39. The summed E-state index contributed by atoms with van der Waals surface area (Å²) in [4.78, 5) is 25.6. The zero-order chi connectivity index (χ0) is 24.3. The normalized spacial score (nSPS) is 13.5. The quantitative estimate of drug-likeness (QED) is 0.398. The van der Waals surface area contributed by atoms with Crippen LogP contribution < -0.4 is 11.1 Å². The third-order valence-corrected chi connectivity index (χ3v) is 5.75. The predicted molar refractivity (Wildman–Crippen MR) is 132 cm³/mol. The number of anilines is 1. The van der Waals surface area contributed by atoms with E-state index in [9.17, 15) is 9.59 Å². The fraction of sp³-hybridized carbons (Fsp3) is 0.286. The first-order chi connectivity index (χ1) is 16.2. The van der Waals surface area contributed by atoms with E-state index in [0.717, 1.165) is 27.8 Å². The van der Waals surface area contributed by atoms with E-state index < -0.39 is 23.7 Å². The topological polar surface area (TPSA) is 90.6 Å². The van der Waals surface area contributed by atoms with Gasteiger partial charge in [0.25, 0.3) is 0 Å². The van der Waals surface area contributed by atoms with Crippen molar-refractivity contribution in [1.29, 1.82) is 0 Å². The summed E-state index contributed by atoms with van der Waals surface area (Å²) in [7, 11) is 0. The maximum absolute atomic E-state index is 12.8. The second-order valence-electron chi connectivity index (χ2n) is 9.50. The molecule has 1 atom stereocenters. The summed E-state index contributed by atoms with van der Waals surface area (Å²) >= 11 is 0. The molecule has 0 unspecified atom stereocenters. The number of amides is 1. The maximum Gasteiger partial charge on any atom is 0.407 e. The van der Waals surface area contributed by atoms with E-state index in [0.29, 0.717) is 5.69 Å². The van der Waals surface area contributed by atoms with Crippen LogP contribution in [0.15, 0.2) is 72.8 Å². The van der Waals surface area contributed by atoms with Gasteiger partial charge in [0, 0.05) is 18.0 Å². The van der Waals surface area contributed by atoms with Gasteiger partial charge in [-0.25, -0.2) is 9.59 Å². The van der Waals surface area contributed by atoms with Gasteiger partial charge in [0.15, 0.2) is 0 Å². The van der Waals surface area contributed by atoms with Crippen LogP contribution in [-0.4, -0.2) is 30.3 Å². The van der Waals surface area contributed by atoms with Crippen LogP contribution in [0.25, 0.3) is 11.1 Å². The summed E-state index contributed by atoms with van der Waals surface area (Å²) in [5.41, 5.74) is 11.1. The summed E-state index contributed by atoms with van der Waals surface area (Å²) < 4.78 is 11.2. The molecule has 4 rings (SSSR count). The Morgan fingerprint density at radius 3 is 2.03 bits per heavy atom. The Balaban J connectivity index is 1.46. The Morgan fingerprint density at radius 1 is 0.912 bits per heavy atom. The monoisotopic (exact) mass is 458 g/mol. The number of hydrogen-bond donors (Lipinski definition) is 2. The molecule has 6 heteroatoms. The predicted octanol–water partition coefficient (Wildman–Crippen LogP) is 5.06. The summed E-state index contributed by atoms with van der Waals surface area (Å²) in [6.45, 7) is 5.54. The smallest absolute Gasteiger partial charge is 0.407 e. The highest BCUT2D eigenvalue weighted by molar-refractivity contribution is 5.82. The van der Waals surface area contributed by atoms with Crippen LogP contribution in [0.3, 0.4) is 0 Å². The van der Waals surface area contributed by atoms with E-state index in [1.54, 1.807) is 32.9 Å². The molecule has 0 bridgehead atoms. The fourth-order valence-electron chi connectivity index (χ4n) is 4.24. The highest BCUT2D eigenvalue weighted by atomic mass is 16.6. The lowest BCUT2D eigenvalue weighted by Gasteiger charge is -2.25. The zero-order valence-electron chi connectivity index (χ0n) is 19.7. The standard InChI is InChI=1S/C28H30N2O4/c1-28(2,3)34-26(31)25(16-18-12-14-19(29)15-13-18)30-27(32)33-17-24-22-10-6-4-8-20(22)21-9-5-7-11-23(21)24/h4-15,24-25H,16-17,29H2,1-3H3,(H,30,32)/t25-/m0/s1. The molecule has 6 nitrogen and oxygen atoms in total. The number of benzene rings is 3. The first-order valence-electron chi connectivity index (χ1n) is 11.4. The first kappa shape index (κ1) is 23.4. The Kier molecular flexibility index (Phi) is 6.59. The Bertz CT molecular complexity index is 1140. The molecule has 0 saturated carbocycles. The summed E-state index contributed by atoms with van der Waals surface area (Å²) in [6.07, 6.45) is -0.396. The molecule has 0 saturated heterocycles. The molecule has 3 aromatic rings. The SMILES string of the molecule is CC(C)(C)OC(=O)[C@H](Cc1ccc(N)cc1)NC(=O)OCC1c2ccccc2-c2ccccc21. The molecule has 0 fully saturated rings. The second kappa shape index (κ2) is 9.59. The van der Waals surface area contributed by atoms with Crippen molar-refractivity contribution in [2.24, 2.45) is 0 Å². The van der Waals surface area contributed by atoms with Gasteiger partial charge in [-0.3, -0.25) is 0 Å². The minimum Gasteiger partial charge on any atom is -0.458 e. The summed E-state index contributed by atoms with van der Waals surface area (Å²) in [5, 5.41) is 2.71. The van der Waals surface area contributed by atoms with Crippen LogP contribution in [-0.2, 0) is 20.7 Å². The molecule has 0 heterocycles. The lowest BCUT2D eigenvalue weighted by atomic mass is 9.98. The van der Waals surface area contributed by atoms with Crippen LogP contribution in [0.2, 0.25) is 0 Å². The number of ether oxygens (including phenoxy) is 2. The molecule has 1 amide bonds. The fourth-order valence-corrected chi connectivity index (χ4v) is 4.24. The number of nitrogens with one attached hydrogen (secondary N) is 1. The number of hydrogen-bond acceptors (Lipinski definition) is 5. The lowest BCUT2D eigenvalue weighted by Crippen LogP contribution is -2.46. The van der Waals surface area contributed by atoms with E-state index in [1.165, 1.54) is 0 Å². The van der Waals surface area contributed by atoms with Gasteiger partial charge >= 0.3 is 12.1 Å². The molecule has 0 spiro atoms. The molecular formula is C28H30N2O4. The lowest BCUT2D eigenvalue weighted by molar-refractivity contribution is -0.157. The van der Waals surface area contributed by atoms with E-state index in [4.69, 9.17) is 15.2 Å². The number of nitrogen functional groups attached to an aromatic ring is 1. The van der Waals surface area contributed by atoms with Crippen LogP contribution in [0.5, 0.6) is 0 Å². The molecule has 176 valence electrons. The second-order valence-corrected chi connectivity index (χ2v) is 9.50. The van der Waals surface area contributed by atoms with Crippen molar-refractivity contribution in [1.82, 2.24) is 5.32 Å². The number of esters is 1. The van der Waals surface area contributed by atoms with Crippen LogP contribution in [0.4, 0.5) is 10.5 Å². The average molecular weight is 459 g/mol. The highest BCUT2D eigenvalue weighted by Crippen LogP contribution is 2.44. The summed E-state index contributed by atoms with van der Waals surface area (Å²) in [5.74, 6) is -0.576. The van der Waals surface area contributed by atoms with Gasteiger partial charge in [0.05, 0.1) is 0 Å². The molecule has 3 aromatic carbocycles. The molecule has 1 aliphatic carbocycles. The summed E-state index contributed by atoms with van der Waals surface area (Å²) in [6, 6.07) is 22.6. The third-order valence-electron chi connectivity index (χ3n) is 5.75. The minimum absolute atomic E-state index is 0.0600. The Labute approximate surface area is 200 Å². The van der Waals surface area contributed by atoms with E-state index in [2.05, 4.69) is 29.6 Å². The van der Waals surface area contributed by atoms with Crippen molar-refractivity contribution < 1.29 is 19.1 Å². The van der Waals surface area contributed by atoms with Crippen molar-refractivity contribution in [2.45, 2.75) is 44.8 Å². The number of rotatable bonds is 6. The maximum atomic E-state index is 12.8. The first-order valence-corrected chi connectivity index (χ1v) is 11.4. The zero-order valence-corrected chi connectivity index (χ0v) is 19.7. The number of fused-ring (bicyclic) bond motifs is 3. The van der Waals surface area contributed by atoms with Gasteiger partial charge < -0.3 is 20.5 Å². The number of alkyl carbamates (subject to hydrolysis) is 1. The van der Waals surface area contributed by atoms with E-state index in [1.807, 2.05) is 36.4 Å². The van der Waals surface area contributed by atoms with Crippen LogP contribution >= 0.6 is 0 Å². The van der Waals surface area contributed by atoms with Gasteiger partial charge in [-0.2, -0.15) is 0 Å². The molecule has 3 N–H and O–H groups in total. The minimum atomic E-state index is -0.890. The van der Waals surface area contributed by atoms with Crippen molar-refractivity contribution >= 4 is 17.7 Å². The number of carbonyl (C=O) groups excluding carboxylic acids is 2. The van der Waals surface area contributed by atoms with Gasteiger partial charge in [-0.1, -0.05) is 60.7 Å². The molecular weight excluding hydrogens is 428 g/mol. The van der Waals surface area contributed by atoms with Gasteiger partial charge in [0.2, 0.25) is 0 Å². The van der Waals surface area contributed by atoms with Gasteiger partial charge in [-0.05, 0) is 60.7 Å². The molecule has 0 aliphatic heterocycles. The van der Waals surface area contributed by atoms with Crippen molar-refractivity contribution in [3.05, 3.63) is 89.5 Å². The largest absolute Gasteiger partial charge is 0.458 e. The van der Waals surface area contributed by atoms with Gasteiger partial charge in [0.1, 0.15) is 18.2 Å². The molecule has 0 radical (unpaired) electrons. The molecule has 0 aromatic heterocycles. The van der Waals surface area contributed by atoms with E-state index >= 15 is 0 Å². The average Bonchev–Trinajstić information content (AvgIpc) is 3.11. The molecule has 1 aliphatic rings. The number of nitrogens with two attached hydrogens (primary N) is 1. The Morgan fingerprint density at radius 2 is 1.47 bits per heavy atom. The Hall–Kier alpha value is -3.80. The molecule has 34 heavy (non-hydrogen) atoms. The highest BCUT2D eigenvalue weighted by Gasteiger charge is 2.31. The van der Waals surface area contributed by atoms with Crippen molar-refractivity contribution in [3.63, 3.8) is 0 Å². The van der Waals surface area contributed by atoms with Crippen molar-refractivity contribution in [3.8, 4) is 11.1 Å². The van der Waals surface area contributed by atoms with Gasteiger partial charge in [-0.15, -0.1) is 0 Å². The van der Waals surface area contributed by atoms with Crippen LogP contribution in [0, 0.1) is 0 Å². The van der Waals surface area contributed by atoms with Crippen molar-refractivity contribution in [2.75, 3.05) is 12.3 Å². The number of carbonyl (C=O) groups is 2.